The normalized spacial score (nSPS) is 10.3. The van der Waals surface area contributed by atoms with E-state index in [9.17, 15) is 0 Å². The Morgan fingerprint density at radius 1 is 1.40 bits per heavy atom. The minimum atomic E-state index is 0.535. The van der Waals surface area contributed by atoms with Crippen LogP contribution >= 0.6 is 0 Å². The molecule has 2 aromatic rings. The van der Waals surface area contributed by atoms with Gasteiger partial charge in [0.25, 0.3) is 0 Å². The summed E-state index contributed by atoms with van der Waals surface area (Å²) in [7, 11) is 1.60. The molecule has 15 heavy (non-hydrogen) atoms. The van der Waals surface area contributed by atoms with Gasteiger partial charge in [-0.3, -0.25) is 0 Å². The Bertz CT molecular complexity index is 477. The molecular formula is C11H12N2O2. The van der Waals surface area contributed by atoms with Gasteiger partial charge < -0.3 is 14.9 Å². The van der Waals surface area contributed by atoms with Crippen LogP contribution in [0.15, 0.2) is 28.9 Å². The van der Waals surface area contributed by atoms with E-state index in [1.54, 1.807) is 19.4 Å². The highest BCUT2D eigenvalue weighted by molar-refractivity contribution is 5.72. The molecule has 2 rings (SSSR count). The Kier molecular flexibility index (Phi) is 2.33. The minimum Gasteiger partial charge on any atom is -0.497 e. The predicted octanol–water partition coefficient (Wildman–Crippen LogP) is 2.24. The zero-order valence-corrected chi connectivity index (χ0v) is 8.65. The zero-order chi connectivity index (χ0) is 10.8. The number of benzene rings is 1. The summed E-state index contributed by atoms with van der Waals surface area (Å²) in [5, 5.41) is 0. The average molecular weight is 204 g/mol. The van der Waals surface area contributed by atoms with Gasteiger partial charge in [0.2, 0.25) is 5.89 Å². The minimum absolute atomic E-state index is 0.535. The van der Waals surface area contributed by atoms with Crippen molar-refractivity contribution in [1.29, 1.82) is 0 Å². The summed E-state index contributed by atoms with van der Waals surface area (Å²) in [6.07, 6.45) is 1.60. The summed E-state index contributed by atoms with van der Waals surface area (Å²) in [5.74, 6) is 1.26. The van der Waals surface area contributed by atoms with E-state index < -0.39 is 0 Å². The highest BCUT2D eigenvalue weighted by Crippen LogP contribution is 2.28. The number of methoxy groups -OCH3 is 1. The van der Waals surface area contributed by atoms with Crippen LogP contribution in [0, 0.1) is 6.92 Å². The first-order valence-electron chi connectivity index (χ1n) is 4.56. The molecule has 1 heterocycles. The van der Waals surface area contributed by atoms with Gasteiger partial charge in [-0.2, -0.15) is 0 Å². The Morgan fingerprint density at radius 2 is 2.20 bits per heavy atom. The third kappa shape index (κ3) is 1.79. The van der Waals surface area contributed by atoms with Crippen LogP contribution in [-0.4, -0.2) is 12.1 Å². The summed E-state index contributed by atoms with van der Waals surface area (Å²) in [5.41, 5.74) is 8.07. The van der Waals surface area contributed by atoms with E-state index in [4.69, 9.17) is 14.9 Å². The summed E-state index contributed by atoms with van der Waals surface area (Å²) in [6.45, 7) is 1.87. The van der Waals surface area contributed by atoms with Crippen molar-refractivity contribution in [3.8, 4) is 17.2 Å². The smallest absolute Gasteiger partial charge is 0.228 e. The first-order chi connectivity index (χ1) is 7.20. The van der Waals surface area contributed by atoms with Crippen LogP contribution in [0.25, 0.3) is 11.5 Å². The molecule has 4 nitrogen and oxygen atoms in total. The molecule has 0 aliphatic heterocycles. The highest BCUT2D eigenvalue weighted by atomic mass is 16.5. The van der Waals surface area contributed by atoms with Gasteiger partial charge in [0.1, 0.15) is 12.0 Å². The van der Waals surface area contributed by atoms with E-state index in [0.717, 1.165) is 17.0 Å². The van der Waals surface area contributed by atoms with Gasteiger partial charge in [0, 0.05) is 11.8 Å². The van der Waals surface area contributed by atoms with Gasteiger partial charge in [0.15, 0.2) is 0 Å². The highest BCUT2D eigenvalue weighted by Gasteiger charge is 2.08. The van der Waals surface area contributed by atoms with Gasteiger partial charge >= 0.3 is 0 Å². The van der Waals surface area contributed by atoms with Crippen LogP contribution < -0.4 is 10.5 Å². The van der Waals surface area contributed by atoms with Gasteiger partial charge in [-0.1, -0.05) is 0 Å². The number of nitrogens with zero attached hydrogens (tertiary/aromatic N) is 1. The van der Waals surface area contributed by atoms with E-state index in [1.807, 2.05) is 19.1 Å². The van der Waals surface area contributed by atoms with Crippen molar-refractivity contribution < 1.29 is 9.15 Å². The number of anilines is 1. The molecule has 0 bridgehead atoms. The molecular weight excluding hydrogens is 192 g/mol. The van der Waals surface area contributed by atoms with Gasteiger partial charge in [-0.05, 0) is 19.1 Å². The van der Waals surface area contributed by atoms with Crippen molar-refractivity contribution >= 4 is 5.69 Å². The van der Waals surface area contributed by atoms with Crippen LogP contribution in [0.4, 0.5) is 5.69 Å². The number of hydrogen-bond acceptors (Lipinski definition) is 4. The number of oxazole rings is 1. The van der Waals surface area contributed by atoms with E-state index in [1.165, 1.54) is 0 Å². The SMILES string of the molecule is COc1ccc(-c2nc(C)co2)c(N)c1. The molecule has 1 aromatic carbocycles. The van der Waals surface area contributed by atoms with Gasteiger partial charge in [-0.25, -0.2) is 4.98 Å². The number of aryl methyl sites for hydroxylation is 1. The molecule has 2 N–H and O–H groups in total. The van der Waals surface area contributed by atoms with Crippen LogP contribution in [0.2, 0.25) is 0 Å². The Morgan fingerprint density at radius 3 is 2.73 bits per heavy atom. The van der Waals surface area contributed by atoms with Crippen molar-refractivity contribution in [1.82, 2.24) is 4.98 Å². The number of rotatable bonds is 2. The zero-order valence-electron chi connectivity index (χ0n) is 8.65. The molecule has 4 heteroatoms. The van der Waals surface area contributed by atoms with Gasteiger partial charge in [-0.15, -0.1) is 0 Å². The number of hydrogen-bond donors (Lipinski definition) is 1. The lowest BCUT2D eigenvalue weighted by Crippen LogP contribution is -1.92. The lowest BCUT2D eigenvalue weighted by atomic mass is 10.1. The molecule has 0 aliphatic rings. The molecule has 0 spiro atoms. The average Bonchev–Trinajstić information content (AvgIpc) is 2.64. The van der Waals surface area contributed by atoms with Crippen molar-refractivity contribution in [3.63, 3.8) is 0 Å². The molecule has 0 radical (unpaired) electrons. The van der Waals surface area contributed by atoms with Crippen molar-refractivity contribution in [2.75, 3.05) is 12.8 Å². The van der Waals surface area contributed by atoms with E-state index >= 15 is 0 Å². The second kappa shape index (κ2) is 3.65. The van der Waals surface area contributed by atoms with E-state index in [-0.39, 0.29) is 0 Å². The van der Waals surface area contributed by atoms with Crippen molar-refractivity contribution in [3.05, 3.63) is 30.2 Å². The number of nitrogens with two attached hydrogens (primary N) is 1. The second-order valence-electron chi connectivity index (χ2n) is 3.25. The quantitative estimate of drug-likeness (QED) is 0.762. The standard InChI is InChI=1S/C11H12N2O2/c1-7-6-15-11(13-7)9-4-3-8(14-2)5-10(9)12/h3-6H,12H2,1-2H3. The fourth-order valence-corrected chi connectivity index (χ4v) is 1.34. The van der Waals surface area contributed by atoms with Crippen LogP contribution in [0.1, 0.15) is 5.69 Å². The second-order valence-corrected chi connectivity index (χ2v) is 3.25. The fraction of sp³-hybridized carbons (Fsp3) is 0.182. The lowest BCUT2D eigenvalue weighted by molar-refractivity contribution is 0.415. The predicted molar refractivity (Wildman–Crippen MR) is 57.6 cm³/mol. The fourth-order valence-electron chi connectivity index (χ4n) is 1.34. The summed E-state index contributed by atoms with van der Waals surface area (Å²) in [6, 6.07) is 5.40. The molecule has 0 unspecified atom stereocenters. The lowest BCUT2D eigenvalue weighted by Gasteiger charge is -2.04. The number of nitrogen functional groups attached to an aromatic ring is 1. The molecule has 0 saturated heterocycles. The molecule has 0 amide bonds. The molecule has 0 fully saturated rings. The molecule has 1 aromatic heterocycles. The molecule has 78 valence electrons. The summed E-state index contributed by atoms with van der Waals surface area (Å²) in [4.78, 5) is 4.21. The van der Waals surface area contributed by atoms with Crippen LogP contribution in [0.5, 0.6) is 5.75 Å². The molecule has 0 atom stereocenters. The van der Waals surface area contributed by atoms with Crippen LogP contribution in [0.3, 0.4) is 0 Å². The Labute approximate surface area is 87.7 Å². The van der Waals surface area contributed by atoms with E-state index in [0.29, 0.717) is 11.6 Å². The van der Waals surface area contributed by atoms with Crippen molar-refractivity contribution in [2.45, 2.75) is 6.92 Å². The summed E-state index contributed by atoms with van der Waals surface area (Å²) < 4.78 is 10.3. The van der Waals surface area contributed by atoms with Crippen molar-refractivity contribution in [2.24, 2.45) is 0 Å². The Balaban J connectivity index is 2.45. The largest absolute Gasteiger partial charge is 0.497 e. The third-order valence-corrected chi connectivity index (χ3v) is 2.11. The maximum absolute atomic E-state index is 5.86. The van der Waals surface area contributed by atoms with E-state index in [2.05, 4.69) is 4.98 Å². The van der Waals surface area contributed by atoms with Crippen LogP contribution in [-0.2, 0) is 0 Å². The third-order valence-electron chi connectivity index (χ3n) is 2.11. The Hall–Kier alpha value is -1.97. The molecule has 0 saturated carbocycles. The summed E-state index contributed by atoms with van der Waals surface area (Å²) >= 11 is 0. The monoisotopic (exact) mass is 204 g/mol. The molecule has 0 aliphatic carbocycles. The topological polar surface area (TPSA) is 61.3 Å². The maximum atomic E-state index is 5.86. The van der Waals surface area contributed by atoms with Gasteiger partial charge in [0.05, 0.1) is 18.4 Å². The maximum Gasteiger partial charge on any atom is 0.228 e. The first-order valence-corrected chi connectivity index (χ1v) is 4.56. The first kappa shape index (κ1) is 9.58. The number of ether oxygens (including phenoxy) is 1. The number of aromatic nitrogens is 1.